The van der Waals surface area contributed by atoms with Gasteiger partial charge in [0.15, 0.2) is 4.21 Å². The lowest BCUT2D eigenvalue weighted by atomic mass is 10.2. The van der Waals surface area contributed by atoms with Crippen LogP contribution in [-0.2, 0) is 10.0 Å². The number of aliphatic hydroxyl groups excluding tert-OH is 1. The minimum Gasteiger partial charge on any atom is -0.391 e. The average Bonchev–Trinajstić information content (AvgIpc) is 3.04. The maximum Gasteiger partial charge on any atom is 0.254 e. The first-order valence-corrected chi connectivity index (χ1v) is 8.16. The number of hydrogen-bond acceptors (Lipinski definition) is 5. The summed E-state index contributed by atoms with van der Waals surface area (Å²) >= 11 is 1.18. The summed E-state index contributed by atoms with van der Waals surface area (Å²) < 4.78 is 26.2. The number of aromatic nitrogens is 1. The normalized spacial score (nSPS) is 18.3. The van der Waals surface area contributed by atoms with E-state index in [-0.39, 0.29) is 16.7 Å². The molecule has 1 aromatic rings. The molecule has 1 unspecified atom stereocenters. The van der Waals surface area contributed by atoms with Gasteiger partial charge in [0.05, 0.1) is 16.8 Å². The van der Waals surface area contributed by atoms with Crippen LogP contribution in [0.4, 0.5) is 0 Å². The van der Waals surface area contributed by atoms with Gasteiger partial charge in [0.1, 0.15) is 0 Å². The first-order valence-electron chi connectivity index (χ1n) is 5.91. The number of sulfonamides is 1. The summed E-state index contributed by atoms with van der Waals surface area (Å²) in [6, 6.07) is 0. The molecule has 1 aromatic heterocycles. The summed E-state index contributed by atoms with van der Waals surface area (Å²) in [5.74, 6) is 0.270. The van der Waals surface area contributed by atoms with Crippen molar-refractivity contribution in [1.29, 1.82) is 0 Å². The Balaban J connectivity index is 2.16. The lowest BCUT2D eigenvalue weighted by Crippen LogP contribution is -2.35. The van der Waals surface area contributed by atoms with Crippen LogP contribution >= 0.6 is 11.3 Å². The van der Waals surface area contributed by atoms with Crippen molar-refractivity contribution in [3.8, 4) is 0 Å². The summed E-state index contributed by atoms with van der Waals surface area (Å²) in [7, 11) is -2.01. The maximum atomic E-state index is 12.3. The fourth-order valence-corrected chi connectivity index (χ4v) is 4.75. The SMILES string of the molecule is Cc1nc(C)c(S(=O)(=O)N(C)CC(O)C2CC2)s1. The molecule has 0 amide bonds. The molecule has 0 saturated heterocycles. The molecular formula is C11H18N2O3S2. The third-order valence-corrected chi connectivity index (χ3v) is 6.60. The summed E-state index contributed by atoms with van der Waals surface area (Å²) in [5, 5.41) is 10.6. The number of rotatable bonds is 5. The van der Waals surface area contributed by atoms with Crippen molar-refractivity contribution >= 4 is 21.4 Å². The van der Waals surface area contributed by atoms with Crippen LogP contribution in [0.2, 0.25) is 0 Å². The van der Waals surface area contributed by atoms with E-state index >= 15 is 0 Å². The molecule has 102 valence electrons. The van der Waals surface area contributed by atoms with Crippen LogP contribution in [-0.4, -0.2) is 42.5 Å². The van der Waals surface area contributed by atoms with E-state index in [0.717, 1.165) is 17.8 Å². The number of aliphatic hydroxyl groups is 1. The van der Waals surface area contributed by atoms with E-state index in [1.54, 1.807) is 13.8 Å². The lowest BCUT2D eigenvalue weighted by Gasteiger charge is -2.19. The van der Waals surface area contributed by atoms with Crippen LogP contribution in [0.1, 0.15) is 23.5 Å². The van der Waals surface area contributed by atoms with Gasteiger partial charge in [-0.1, -0.05) is 0 Å². The number of likely N-dealkylation sites (N-methyl/N-ethyl adjacent to an activating group) is 1. The van der Waals surface area contributed by atoms with E-state index in [0.29, 0.717) is 5.69 Å². The fraction of sp³-hybridized carbons (Fsp3) is 0.727. The molecule has 0 spiro atoms. The van der Waals surface area contributed by atoms with E-state index in [9.17, 15) is 13.5 Å². The molecule has 1 aliphatic carbocycles. The molecule has 0 aromatic carbocycles. The number of thiazole rings is 1. The van der Waals surface area contributed by atoms with Crippen LogP contribution < -0.4 is 0 Å². The van der Waals surface area contributed by atoms with Crippen LogP contribution in [0.3, 0.4) is 0 Å². The topological polar surface area (TPSA) is 70.5 Å². The zero-order valence-corrected chi connectivity index (χ0v) is 12.4. The third-order valence-electron chi connectivity index (χ3n) is 3.12. The van der Waals surface area contributed by atoms with E-state index in [1.807, 2.05) is 0 Å². The van der Waals surface area contributed by atoms with Crippen LogP contribution in [0.5, 0.6) is 0 Å². The molecule has 5 nitrogen and oxygen atoms in total. The molecule has 7 heteroatoms. The second-order valence-corrected chi connectivity index (χ2v) is 8.24. The molecule has 1 saturated carbocycles. The van der Waals surface area contributed by atoms with Gasteiger partial charge in [-0.15, -0.1) is 11.3 Å². The summed E-state index contributed by atoms with van der Waals surface area (Å²) in [4.78, 5) is 4.14. The van der Waals surface area contributed by atoms with Crippen LogP contribution in [0.25, 0.3) is 0 Å². The monoisotopic (exact) mass is 290 g/mol. The Morgan fingerprint density at radius 1 is 1.50 bits per heavy atom. The minimum absolute atomic E-state index is 0.156. The molecule has 1 N–H and O–H groups in total. The van der Waals surface area contributed by atoms with E-state index in [4.69, 9.17) is 0 Å². The minimum atomic E-state index is -3.52. The van der Waals surface area contributed by atoms with Gasteiger partial charge in [-0.05, 0) is 32.6 Å². The predicted octanol–water partition coefficient (Wildman–Crippen LogP) is 1.15. The molecule has 1 heterocycles. The number of hydrogen-bond donors (Lipinski definition) is 1. The number of aryl methyl sites for hydroxylation is 2. The predicted molar refractivity (Wildman–Crippen MR) is 70.1 cm³/mol. The van der Waals surface area contributed by atoms with Gasteiger partial charge in [-0.2, -0.15) is 4.31 Å². The molecular weight excluding hydrogens is 272 g/mol. The summed E-state index contributed by atoms with van der Waals surface area (Å²) in [5.41, 5.74) is 0.533. The molecule has 2 rings (SSSR count). The molecule has 0 bridgehead atoms. The van der Waals surface area contributed by atoms with Crippen molar-refractivity contribution in [3.63, 3.8) is 0 Å². The molecule has 0 aliphatic heterocycles. The maximum absolute atomic E-state index is 12.3. The Morgan fingerprint density at radius 3 is 2.56 bits per heavy atom. The quantitative estimate of drug-likeness (QED) is 0.883. The van der Waals surface area contributed by atoms with Crippen molar-refractivity contribution < 1.29 is 13.5 Å². The van der Waals surface area contributed by atoms with E-state index in [2.05, 4.69) is 4.98 Å². The van der Waals surface area contributed by atoms with Gasteiger partial charge in [-0.25, -0.2) is 13.4 Å². The van der Waals surface area contributed by atoms with E-state index in [1.165, 1.54) is 22.7 Å². The second-order valence-electron chi connectivity index (χ2n) is 4.80. The Bertz CT molecular complexity index is 534. The highest BCUT2D eigenvalue weighted by molar-refractivity contribution is 7.91. The van der Waals surface area contributed by atoms with Crippen LogP contribution in [0.15, 0.2) is 4.21 Å². The Kier molecular flexibility index (Phi) is 3.77. The molecule has 18 heavy (non-hydrogen) atoms. The number of nitrogens with zero attached hydrogens (tertiary/aromatic N) is 2. The highest BCUT2D eigenvalue weighted by atomic mass is 32.2. The van der Waals surface area contributed by atoms with Crippen molar-refractivity contribution in [2.75, 3.05) is 13.6 Å². The molecule has 1 fully saturated rings. The Hall–Kier alpha value is -0.500. The van der Waals surface area contributed by atoms with Gasteiger partial charge < -0.3 is 5.11 Å². The van der Waals surface area contributed by atoms with Gasteiger partial charge in [0.25, 0.3) is 10.0 Å². The zero-order chi connectivity index (χ0) is 13.5. The summed E-state index contributed by atoms with van der Waals surface area (Å²) in [6.45, 7) is 3.64. The highest BCUT2D eigenvalue weighted by Crippen LogP contribution is 2.33. The smallest absolute Gasteiger partial charge is 0.254 e. The van der Waals surface area contributed by atoms with Crippen molar-refractivity contribution in [2.24, 2.45) is 5.92 Å². The van der Waals surface area contributed by atoms with Crippen molar-refractivity contribution in [1.82, 2.24) is 9.29 Å². The zero-order valence-electron chi connectivity index (χ0n) is 10.8. The average molecular weight is 290 g/mol. The molecule has 0 radical (unpaired) electrons. The van der Waals surface area contributed by atoms with Gasteiger partial charge in [0.2, 0.25) is 0 Å². The molecule has 1 atom stereocenters. The summed E-state index contributed by atoms with van der Waals surface area (Å²) in [6.07, 6.45) is 1.43. The highest BCUT2D eigenvalue weighted by Gasteiger charge is 2.34. The Labute approximate surface area is 112 Å². The largest absolute Gasteiger partial charge is 0.391 e. The fourth-order valence-electron chi connectivity index (χ4n) is 1.89. The molecule has 1 aliphatic rings. The lowest BCUT2D eigenvalue weighted by molar-refractivity contribution is 0.131. The standard InChI is InChI=1S/C11H18N2O3S2/c1-7-11(17-8(2)12-7)18(15,16)13(3)6-10(14)9-4-5-9/h9-10,14H,4-6H2,1-3H3. The first kappa shape index (κ1) is 13.9. The third kappa shape index (κ3) is 2.74. The first-order chi connectivity index (χ1) is 8.32. The van der Waals surface area contributed by atoms with Crippen LogP contribution in [0, 0.1) is 19.8 Å². The van der Waals surface area contributed by atoms with Gasteiger partial charge >= 0.3 is 0 Å². The van der Waals surface area contributed by atoms with Gasteiger partial charge in [-0.3, -0.25) is 0 Å². The van der Waals surface area contributed by atoms with Crippen molar-refractivity contribution in [2.45, 2.75) is 37.0 Å². The Morgan fingerprint density at radius 2 is 2.11 bits per heavy atom. The second kappa shape index (κ2) is 4.88. The van der Waals surface area contributed by atoms with Crippen molar-refractivity contribution in [3.05, 3.63) is 10.7 Å². The van der Waals surface area contributed by atoms with Gasteiger partial charge in [0, 0.05) is 13.6 Å². The van der Waals surface area contributed by atoms with E-state index < -0.39 is 16.1 Å².